The molecule has 136 valence electrons. The van der Waals surface area contributed by atoms with Gasteiger partial charge in [0, 0.05) is 15.7 Å². The van der Waals surface area contributed by atoms with Crippen LogP contribution in [0.5, 0.6) is 0 Å². The van der Waals surface area contributed by atoms with Crippen LogP contribution in [0.4, 0.5) is 5.69 Å². The van der Waals surface area contributed by atoms with Crippen LogP contribution in [0.2, 0.25) is 0 Å². The van der Waals surface area contributed by atoms with E-state index in [-0.39, 0.29) is 22.6 Å². The van der Waals surface area contributed by atoms with Crippen LogP contribution in [0.3, 0.4) is 0 Å². The summed E-state index contributed by atoms with van der Waals surface area (Å²) in [6.07, 6.45) is 6.18. The first-order chi connectivity index (χ1) is 12.4. The number of carbonyl (C=O) groups excluding carboxylic acids is 1. The van der Waals surface area contributed by atoms with Crippen LogP contribution in [0.15, 0.2) is 34.8 Å². The molecule has 4 nitrogen and oxygen atoms in total. The average molecular weight is 416 g/mol. The Morgan fingerprint density at radius 1 is 1.12 bits per heavy atom. The van der Waals surface area contributed by atoms with Crippen molar-refractivity contribution in [2.45, 2.75) is 44.9 Å². The lowest BCUT2D eigenvalue weighted by atomic mass is 9.83. The minimum Gasteiger partial charge on any atom is -0.478 e. The van der Waals surface area contributed by atoms with E-state index in [0.717, 1.165) is 0 Å². The predicted octanol–water partition coefficient (Wildman–Crippen LogP) is 5.32. The number of ketones is 1. The van der Waals surface area contributed by atoms with Gasteiger partial charge in [-0.15, -0.1) is 0 Å². The van der Waals surface area contributed by atoms with E-state index in [1.165, 1.54) is 43.7 Å². The van der Waals surface area contributed by atoms with Crippen molar-refractivity contribution in [3.05, 3.63) is 62.6 Å². The zero-order chi connectivity index (χ0) is 18.8. The van der Waals surface area contributed by atoms with Crippen LogP contribution in [0, 0.1) is 6.92 Å². The first-order valence-electron chi connectivity index (χ1n) is 8.86. The molecule has 0 aliphatic heterocycles. The summed E-state index contributed by atoms with van der Waals surface area (Å²) in [6.45, 7) is 1.76. The molecule has 0 bridgehead atoms. The van der Waals surface area contributed by atoms with E-state index in [9.17, 15) is 14.7 Å². The fraction of sp³-hybridized carbons (Fsp3) is 0.333. The Hall–Kier alpha value is -2.14. The fourth-order valence-electron chi connectivity index (χ4n) is 3.67. The summed E-state index contributed by atoms with van der Waals surface area (Å²) in [5.41, 5.74) is 8.65. The molecule has 0 atom stereocenters. The van der Waals surface area contributed by atoms with Crippen LogP contribution >= 0.6 is 15.9 Å². The molecule has 1 aliphatic carbocycles. The molecule has 26 heavy (non-hydrogen) atoms. The molecule has 3 N–H and O–H groups in total. The van der Waals surface area contributed by atoms with Gasteiger partial charge >= 0.3 is 5.97 Å². The van der Waals surface area contributed by atoms with E-state index >= 15 is 0 Å². The summed E-state index contributed by atoms with van der Waals surface area (Å²) in [4.78, 5) is 24.6. The molecule has 1 fully saturated rings. The Labute approximate surface area is 161 Å². The Kier molecular flexibility index (Phi) is 5.47. The SMILES string of the molecule is Cc1c(Br)cc(C(=O)O)c(C(=O)c2ccc(C3CCCCC3)cc2)c1N. The maximum atomic E-state index is 13.0. The van der Waals surface area contributed by atoms with Gasteiger partial charge in [-0.2, -0.15) is 0 Å². The summed E-state index contributed by atoms with van der Waals surface area (Å²) in [5.74, 6) is -0.965. The van der Waals surface area contributed by atoms with Crippen molar-refractivity contribution in [2.75, 3.05) is 5.73 Å². The van der Waals surface area contributed by atoms with Crippen LogP contribution < -0.4 is 5.73 Å². The van der Waals surface area contributed by atoms with Gasteiger partial charge in [0.2, 0.25) is 0 Å². The number of nitrogen functional groups attached to an aromatic ring is 1. The first-order valence-corrected chi connectivity index (χ1v) is 9.66. The zero-order valence-electron chi connectivity index (χ0n) is 14.7. The topological polar surface area (TPSA) is 80.4 Å². The van der Waals surface area contributed by atoms with E-state index < -0.39 is 5.97 Å². The molecule has 5 heteroatoms. The Morgan fingerprint density at radius 3 is 2.31 bits per heavy atom. The van der Waals surface area contributed by atoms with Crippen molar-refractivity contribution in [3.8, 4) is 0 Å². The third-order valence-corrected chi connectivity index (χ3v) is 6.10. The van der Waals surface area contributed by atoms with E-state index in [4.69, 9.17) is 5.73 Å². The standard InChI is InChI=1S/C21H22BrNO3/c1-12-17(22)11-16(21(25)26)18(19(12)23)20(24)15-9-7-14(8-10-15)13-5-3-2-4-6-13/h7-11,13H,2-6,23H2,1H3,(H,25,26). The second-order valence-corrected chi connectivity index (χ2v) is 7.77. The molecule has 0 saturated heterocycles. The number of hydrogen-bond donors (Lipinski definition) is 2. The lowest BCUT2D eigenvalue weighted by Crippen LogP contribution is -2.14. The highest BCUT2D eigenvalue weighted by Gasteiger charge is 2.24. The molecule has 0 unspecified atom stereocenters. The number of carboxylic acids is 1. The second kappa shape index (κ2) is 7.62. The van der Waals surface area contributed by atoms with Gasteiger partial charge < -0.3 is 10.8 Å². The van der Waals surface area contributed by atoms with Gasteiger partial charge in [-0.25, -0.2) is 4.79 Å². The molecule has 1 aliphatic rings. The van der Waals surface area contributed by atoms with Gasteiger partial charge in [-0.05, 0) is 42.9 Å². The van der Waals surface area contributed by atoms with Gasteiger partial charge in [0.25, 0.3) is 0 Å². The zero-order valence-corrected chi connectivity index (χ0v) is 16.3. The summed E-state index contributed by atoms with van der Waals surface area (Å²) >= 11 is 3.30. The number of hydrogen-bond acceptors (Lipinski definition) is 3. The molecule has 0 heterocycles. The van der Waals surface area contributed by atoms with E-state index in [2.05, 4.69) is 15.9 Å². The Morgan fingerprint density at radius 2 is 1.73 bits per heavy atom. The fourth-order valence-corrected chi connectivity index (χ4v) is 4.11. The number of rotatable bonds is 4. The molecule has 2 aromatic carbocycles. The van der Waals surface area contributed by atoms with Gasteiger partial charge in [0.05, 0.1) is 11.1 Å². The Balaban J connectivity index is 1.97. The highest BCUT2D eigenvalue weighted by Crippen LogP contribution is 2.34. The van der Waals surface area contributed by atoms with E-state index in [0.29, 0.717) is 21.5 Å². The van der Waals surface area contributed by atoms with Crippen molar-refractivity contribution in [1.82, 2.24) is 0 Å². The number of anilines is 1. The molecule has 2 aromatic rings. The van der Waals surface area contributed by atoms with Gasteiger partial charge in [0.15, 0.2) is 5.78 Å². The summed E-state index contributed by atoms with van der Waals surface area (Å²) in [6, 6.07) is 9.00. The smallest absolute Gasteiger partial charge is 0.336 e. The van der Waals surface area contributed by atoms with Gasteiger partial charge in [-0.1, -0.05) is 59.5 Å². The molecule has 0 radical (unpaired) electrons. The normalized spacial score (nSPS) is 15.0. The van der Waals surface area contributed by atoms with Crippen molar-refractivity contribution in [1.29, 1.82) is 0 Å². The quantitative estimate of drug-likeness (QED) is 0.523. The molecular weight excluding hydrogens is 394 g/mol. The highest BCUT2D eigenvalue weighted by molar-refractivity contribution is 9.10. The summed E-state index contributed by atoms with van der Waals surface area (Å²) in [7, 11) is 0. The molecule has 1 saturated carbocycles. The van der Waals surface area contributed by atoms with Gasteiger partial charge in [-0.3, -0.25) is 4.79 Å². The molecule has 0 spiro atoms. The van der Waals surface area contributed by atoms with Crippen LogP contribution in [-0.4, -0.2) is 16.9 Å². The minimum absolute atomic E-state index is 0.0589. The van der Waals surface area contributed by atoms with E-state index in [1.54, 1.807) is 19.1 Å². The van der Waals surface area contributed by atoms with Crippen molar-refractivity contribution >= 4 is 33.4 Å². The molecule has 0 aromatic heterocycles. The van der Waals surface area contributed by atoms with Crippen molar-refractivity contribution < 1.29 is 14.7 Å². The number of carbonyl (C=O) groups is 2. The first kappa shape index (κ1) is 18.6. The molecule has 3 rings (SSSR count). The molecular formula is C21H22BrNO3. The monoisotopic (exact) mass is 415 g/mol. The number of carboxylic acid groups (broad SMARTS) is 1. The maximum Gasteiger partial charge on any atom is 0.336 e. The third kappa shape index (κ3) is 3.54. The lowest BCUT2D eigenvalue weighted by Gasteiger charge is -2.22. The van der Waals surface area contributed by atoms with Crippen LogP contribution in [-0.2, 0) is 0 Å². The third-order valence-electron chi connectivity index (χ3n) is 5.28. The highest BCUT2D eigenvalue weighted by atomic mass is 79.9. The summed E-state index contributed by atoms with van der Waals surface area (Å²) < 4.78 is 0.580. The van der Waals surface area contributed by atoms with Gasteiger partial charge in [0.1, 0.15) is 0 Å². The van der Waals surface area contributed by atoms with Crippen LogP contribution in [0.1, 0.15) is 75.4 Å². The van der Waals surface area contributed by atoms with Crippen molar-refractivity contribution in [3.63, 3.8) is 0 Å². The number of benzene rings is 2. The number of aromatic carboxylic acids is 1. The predicted molar refractivity (Wildman–Crippen MR) is 106 cm³/mol. The average Bonchev–Trinajstić information content (AvgIpc) is 2.66. The largest absolute Gasteiger partial charge is 0.478 e. The second-order valence-electron chi connectivity index (χ2n) is 6.91. The number of halogens is 1. The lowest BCUT2D eigenvalue weighted by molar-refractivity contribution is 0.0693. The van der Waals surface area contributed by atoms with Crippen molar-refractivity contribution in [2.24, 2.45) is 0 Å². The van der Waals surface area contributed by atoms with E-state index in [1.807, 2.05) is 12.1 Å². The summed E-state index contributed by atoms with van der Waals surface area (Å²) in [5, 5.41) is 9.49. The minimum atomic E-state index is -1.17. The molecule has 0 amide bonds. The maximum absolute atomic E-state index is 13.0. The van der Waals surface area contributed by atoms with Crippen LogP contribution in [0.25, 0.3) is 0 Å². The Bertz CT molecular complexity index is 853. The number of nitrogens with two attached hydrogens (primary N) is 1.